The van der Waals surface area contributed by atoms with Gasteiger partial charge in [-0.3, -0.25) is 4.79 Å². The van der Waals surface area contributed by atoms with Crippen molar-refractivity contribution in [2.75, 3.05) is 5.32 Å². The van der Waals surface area contributed by atoms with Crippen molar-refractivity contribution < 1.29 is 4.79 Å². The van der Waals surface area contributed by atoms with Gasteiger partial charge in [0.25, 0.3) is 5.91 Å². The maximum Gasteiger partial charge on any atom is 0.272 e. The van der Waals surface area contributed by atoms with Crippen molar-refractivity contribution in [2.24, 2.45) is 0 Å². The molecule has 0 saturated heterocycles. The summed E-state index contributed by atoms with van der Waals surface area (Å²) in [5.41, 5.74) is 1.06. The first-order valence-electron chi connectivity index (χ1n) is 6.03. The fourth-order valence-electron chi connectivity index (χ4n) is 1.84. The fraction of sp³-hybridized carbons (Fsp3) is 0.214. The van der Waals surface area contributed by atoms with Crippen LogP contribution in [0.4, 0.5) is 5.69 Å². The molecule has 1 aromatic carbocycles. The highest BCUT2D eigenvalue weighted by Crippen LogP contribution is 2.30. The highest BCUT2D eigenvalue weighted by Gasteiger charge is 2.16. The molecule has 0 unspecified atom stereocenters. The molecular weight excluding hydrogens is 363 g/mol. The molecular formula is C14H13BrCl2N2O. The molecule has 1 aromatic heterocycles. The monoisotopic (exact) mass is 374 g/mol. The maximum atomic E-state index is 12.4. The van der Waals surface area contributed by atoms with Crippen LogP contribution in [0, 0.1) is 0 Å². The topological polar surface area (TPSA) is 34.0 Å². The van der Waals surface area contributed by atoms with E-state index in [0.717, 1.165) is 4.47 Å². The van der Waals surface area contributed by atoms with E-state index in [4.69, 9.17) is 23.2 Å². The van der Waals surface area contributed by atoms with Gasteiger partial charge in [0.05, 0.1) is 15.7 Å². The molecule has 0 atom stereocenters. The Bertz CT molecular complexity index is 653. The van der Waals surface area contributed by atoms with Crippen molar-refractivity contribution in [3.63, 3.8) is 0 Å². The third-order valence-corrected chi connectivity index (χ3v) is 4.06. The van der Waals surface area contributed by atoms with Gasteiger partial charge in [0.15, 0.2) is 0 Å². The van der Waals surface area contributed by atoms with Crippen molar-refractivity contribution >= 4 is 50.7 Å². The van der Waals surface area contributed by atoms with Gasteiger partial charge in [-0.05, 0) is 48.0 Å². The van der Waals surface area contributed by atoms with Gasteiger partial charge in [-0.2, -0.15) is 0 Å². The molecule has 0 aliphatic rings. The number of hydrogen-bond acceptors (Lipinski definition) is 1. The van der Waals surface area contributed by atoms with Crippen molar-refractivity contribution in [3.05, 3.63) is 50.7 Å². The van der Waals surface area contributed by atoms with Crippen LogP contribution in [0.2, 0.25) is 10.0 Å². The van der Waals surface area contributed by atoms with Crippen LogP contribution in [-0.4, -0.2) is 10.5 Å². The number of hydrogen-bond donors (Lipinski definition) is 1. The lowest BCUT2D eigenvalue weighted by molar-refractivity contribution is 0.101. The molecule has 0 spiro atoms. The Morgan fingerprint density at radius 1 is 1.35 bits per heavy atom. The van der Waals surface area contributed by atoms with Crippen molar-refractivity contribution in [3.8, 4) is 0 Å². The van der Waals surface area contributed by atoms with E-state index >= 15 is 0 Å². The third-order valence-electron chi connectivity index (χ3n) is 2.80. The number of benzene rings is 1. The minimum absolute atomic E-state index is 0.178. The van der Waals surface area contributed by atoms with Gasteiger partial charge in [-0.25, -0.2) is 0 Å². The zero-order chi connectivity index (χ0) is 14.9. The van der Waals surface area contributed by atoms with Gasteiger partial charge in [0, 0.05) is 16.7 Å². The zero-order valence-corrected chi connectivity index (χ0v) is 14.1. The summed E-state index contributed by atoms with van der Waals surface area (Å²) in [7, 11) is 0. The minimum Gasteiger partial charge on any atom is -0.340 e. The van der Waals surface area contributed by atoms with Crippen LogP contribution in [0.3, 0.4) is 0 Å². The van der Waals surface area contributed by atoms with Crippen LogP contribution in [0.15, 0.2) is 34.9 Å². The number of amides is 1. The van der Waals surface area contributed by atoms with Crippen molar-refractivity contribution in [1.82, 2.24) is 4.57 Å². The van der Waals surface area contributed by atoms with Crippen LogP contribution in [0.5, 0.6) is 0 Å². The average Bonchev–Trinajstić information content (AvgIpc) is 2.77. The first kappa shape index (κ1) is 15.4. The highest BCUT2D eigenvalue weighted by molar-refractivity contribution is 9.10. The Balaban J connectivity index is 2.31. The van der Waals surface area contributed by atoms with Crippen molar-refractivity contribution in [2.45, 2.75) is 19.9 Å². The van der Waals surface area contributed by atoms with Crippen LogP contribution < -0.4 is 5.32 Å². The number of rotatable bonds is 3. The van der Waals surface area contributed by atoms with Gasteiger partial charge in [-0.15, -0.1) is 0 Å². The summed E-state index contributed by atoms with van der Waals surface area (Å²) in [6, 6.07) is 7.07. The number of halogens is 3. The van der Waals surface area contributed by atoms with E-state index in [-0.39, 0.29) is 11.9 Å². The number of carbonyl (C=O) groups is 1. The van der Waals surface area contributed by atoms with Gasteiger partial charge in [-0.1, -0.05) is 29.3 Å². The smallest absolute Gasteiger partial charge is 0.272 e. The molecule has 2 rings (SSSR count). The Kier molecular flexibility index (Phi) is 4.78. The van der Waals surface area contributed by atoms with Crippen LogP contribution in [0.1, 0.15) is 30.4 Å². The lowest BCUT2D eigenvalue weighted by Crippen LogP contribution is -2.18. The largest absolute Gasteiger partial charge is 0.340 e. The summed E-state index contributed by atoms with van der Waals surface area (Å²) < 4.78 is 2.74. The molecule has 20 heavy (non-hydrogen) atoms. The summed E-state index contributed by atoms with van der Waals surface area (Å²) in [6.07, 6.45) is 1.87. The van der Waals surface area contributed by atoms with E-state index in [1.807, 2.05) is 24.6 Å². The van der Waals surface area contributed by atoms with E-state index < -0.39 is 0 Å². The number of nitrogens with one attached hydrogen (secondary N) is 1. The summed E-state index contributed by atoms with van der Waals surface area (Å²) in [4.78, 5) is 12.4. The normalized spacial score (nSPS) is 10.9. The second-order valence-electron chi connectivity index (χ2n) is 4.60. The SMILES string of the molecule is CC(C)n1cc(Br)cc1C(=O)Nc1cccc(Cl)c1Cl. The van der Waals surface area contributed by atoms with E-state index in [9.17, 15) is 4.79 Å². The molecule has 0 aliphatic carbocycles. The Labute approximate surface area is 136 Å². The summed E-state index contributed by atoms with van der Waals surface area (Å²) in [5, 5.41) is 3.52. The van der Waals surface area contributed by atoms with E-state index in [1.54, 1.807) is 24.3 Å². The molecule has 3 nitrogen and oxygen atoms in total. The number of nitrogens with zero attached hydrogens (tertiary/aromatic N) is 1. The molecule has 106 valence electrons. The van der Waals surface area contributed by atoms with Crippen molar-refractivity contribution in [1.29, 1.82) is 0 Å². The Hall–Kier alpha value is -0.970. The van der Waals surface area contributed by atoms with E-state index in [2.05, 4.69) is 21.2 Å². The molecule has 2 aromatic rings. The van der Waals surface area contributed by atoms with Crippen LogP contribution in [-0.2, 0) is 0 Å². The van der Waals surface area contributed by atoms with E-state index in [0.29, 0.717) is 21.4 Å². The Morgan fingerprint density at radius 3 is 2.70 bits per heavy atom. The molecule has 1 amide bonds. The molecule has 1 heterocycles. The first-order valence-corrected chi connectivity index (χ1v) is 7.57. The number of aromatic nitrogens is 1. The lowest BCUT2D eigenvalue weighted by Gasteiger charge is -2.13. The predicted molar refractivity (Wildman–Crippen MR) is 86.9 cm³/mol. The number of carbonyl (C=O) groups excluding carboxylic acids is 1. The molecule has 0 saturated carbocycles. The Morgan fingerprint density at radius 2 is 2.05 bits per heavy atom. The third kappa shape index (κ3) is 3.19. The molecule has 6 heteroatoms. The minimum atomic E-state index is -0.228. The van der Waals surface area contributed by atoms with Gasteiger partial charge in [0.2, 0.25) is 0 Å². The standard InChI is InChI=1S/C14H13BrCl2N2O/c1-8(2)19-7-9(15)6-12(19)14(20)18-11-5-3-4-10(16)13(11)17/h3-8H,1-2H3,(H,18,20). The summed E-state index contributed by atoms with van der Waals surface area (Å²) >= 11 is 15.4. The summed E-state index contributed by atoms with van der Waals surface area (Å²) in [6.45, 7) is 4.02. The molecule has 1 N–H and O–H groups in total. The van der Waals surface area contributed by atoms with Crippen LogP contribution in [0.25, 0.3) is 0 Å². The second kappa shape index (κ2) is 6.20. The van der Waals surface area contributed by atoms with Gasteiger partial charge in [0.1, 0.15) is 5.69 Å². The molecule has 0 radical (unpaired) electrons. The average molecular weight is 376 g/mol. The number of anilines is 1. The van der Waals surface area contributed by atoms with Gasteiger partial charge < -0.3 is 9.88 Å². The second-order valence-corrected chi connectivity index (χ2v) is 6.30. The molecule has 0 fully saturated rings. The zero-order valence-electron chi connectivity index (χ0n) is 11.0. The van der Waals surface area contributed by atoms with Gasteiger partial charge >= 0.3 is 0 Å². The highest BCUT2D eigenvalue weighted by atomic mass is 79.9. The fourth-order valence-corrected chi connectivity index (χ4v) is 2.63. The lowest BCUT2D eigenvalue weighted by atomic mass is 10.3. The first-order chi connectivity index (χ1) is 9.40. The van der Waals surface area contributed by atoms with E-state index in [1.165, 1.54) is 0 Å². The quantitative estimate of drug-likeness (QED) is 0.766. The van der Waals surface area contributed by atoms with Crippen LogP contribution >= 0.6 is 39.1 Å². The summed E-state index contributed by atoms with van der Waals surface area (Å²) in [5.74, 6) is -0.228. The maximum absolute atomic E-state index is 12.4. The predicted octanol–water partition coefficient (Wildman–Crippen LogP) is 5.39. The molecule has 0 aliphatic heterocycles. The molecule has 0 bridgehead atoms.